The predicted octanol–water partition coefficient (Wildman–Crippen LogP) is 3.61. The van der Waals surface area contributed by atoms with Crippen LogP contribution in [-0.4, -0.2) is 55.6 Å². The van der Waals surface area contributed by atoms with Gasteiger partial charge >= 0.3 is 11.9 Å². The van der Waals surface area contributed by atoms with Crippen molar-refractivity contribution in [3.05, 3.63) is 16.0 Å². The fourth-order valence-corrected chi connectivity index (χ4v) is 4.49. The molecule has 0 aliphatic carbocycles. The topological polar surface area (TPSA) is 109 Å². The van der Waals surface area contributed by atoms with Crippen molar-refractivity contribution in [2.75, 3.05) is 38.2 Å². The molecule has 170 valence electrons. The van der Waals surface area contributed by atoms with Gasteiger partial charge in [-0.1, -0.05) is 13.8 Å². The minimum absolute atomic E-state index is 0.172. The standard InChI is InChI=1S/C22H31N3O5S/c1-5-29-21(27)17-15(4)18(22(28)30-13-14(2)3)31-20(17)24-19(26)16-7-11-25(12-8-16)10-6-9-23/h14,16H,5-8,10-13H2,1-4H3,(H,24,26). The molecule has 31 heavy (non-hydrogen) atoms. The SMILES string of the molecule is CCOC(=O)c1c(NC(=O)C2CCN(CCC#N)CC2)sc(C(=O)OCC(C)C)c1C. The van der Waals surface area contributed by atoms with Crippen LogP contribution >= 0.6 is 11.3 Å². The van der Waals surface area contributed by atoms with Crippen molar-refractivity contribution in [3.63, 3.8) is 0 Å². The maximum Gasteiger partial charge on any atom is 0.348 e. The van der Waals surface area contributed by atoms with Crippen molar-refractivity contribution in [2.45, 2.75) is 47.0 Å². The number of hydrogen-bond acceptors (Lipinski definition) is 8. The summed E-state index contributed by atoms with van der Waals surface area (Å²) in [5, 5.41) is 11.9. The Morgan fingerprint density at radius 3 is 2.48 bits per heavy atom. The molecule has 1 saturated heterocycles. The Morgan fingerprint density at radius 1 is 1.23 bits per heavy atom. The second kappa shape index (κ2) is 11.8. The molecule has 1 N–H and O–H groups in total. The first-order valence-electron chi connectivity index (χ1n) is 10.7. The molecule has 1 aliphatic rings. The monoisotopic (exact) mass is 449 g/mol. The Bertz CT molecular complexity index is 835. The number of nitrogens with zero attached hydrogens (tertiary/aromatic N) is 2. The highest BCUT2D eigenvalue weighted by Crippen LogP contribution is 2.35. The Balaban J connectivity index is 2.15. The minimum Gasteiger partial charge on any atom is -0.462 e. The lowest BCUT2D eigenvalue weighted by Gasteiger charge is -2.30. The van der Waals surface area contributed by atoms with E-state index < -0.39 is 11.9 Å². The lowest BCUT2D eigenvalue weighted by atomic mass is 9.96. The number of rotatable bonds is 9. The van der Waals surface area contributed by atoms with Gasteiger partial charge < -0.3 is 19.7 Å². The molecular formula is C22H31N3O5S. The van der Waals surface area contributed by atoms with E-state index in [1.54, 1.807) is 13.8 Å². The number of ether oxygens (including phenoxy) is 2. The highest BCUT2D eigenvalue weighted by molar-refractivity contribution is 7.18. The highest BCUT2D eigenvalue weighted by atomic mass is 32.1. The summed E-state index contributed by atoms with van der Waals surface area (Å²) in [5.74, 6) is -1.25. The largest absolute Gasteiger partial charge is 0.462 e. The molecule has 0 spiro atoms. The maximum atomic E-state index is 12.9. The maximum absolute atomic E-state index is 12.9. The molecule has 0 aromatic carbocycles. The summed E-state index contributed by atoms with van der Waals surface area (Å²) in [7, 11) is 0. The van der Waals surface area contributed by atoms with Gasteiger partial charge in [0.05, 0.1) is 24.8 Å². The summed E-state index contributed by atoms with van der Waals surface area (Å²) in [6.45, 7) is 9.93. The van der Waals surface area contributed by atoms with Gasteiger partial charge in [0.1, 0.15) is 9.88 Å². The van der Waals surface area contributed by atoms with E-state index in [1.807, 2.05) is 13.8 Å². The summed E-state index contributed by atoms with van der Waals surface area (Å²) in [6, 6.07) is 2.14. The number of carbonyl (C=O) groups is 3. The first-order chi connectivity index (χ1) is 14.8. The molecule has 1 aromatic rings. The van der Waals surface area contributed by atoms with Crippen LogP contribution in [0.25, 0.3) is 0 Å². The van der Waals surface area contributed by atoms with Crippen molar-refractivity contribution in [1.82, 2.24) is 4.90 Å². The van der Waals surface area contributed by atoms with Gasteiger partial charge in [-0.05, 0) is 51.3 Å². The molecule has 0 unspecified atom stereocenters. The second-order valence-electron chi connectivity index (χ2n) is 7.99. The normalized spacial score (nSPS) is 14.8. The molecule has 0 radical (unpaired) electrons. The van der Waals surface area contributed by atoms with Crippen LogP contribution in [0.1, 0.15) is 65.6 Å². The third-order valence-electron chi connectivity index (χ3n) is 5.09. The van der Waals surface area contributed by atoms with Crippen molar-refractivity contribution in [3.8, 4) is 6.07 Å². The van der Waals surface area contributed by atoms with Gasteiger partial charge in [-0.15, -0.1) is 11.3 Å². The smallest absolute Gasteiger partial charge is 0.348 e. The number of esters is 2. The van der Waals surface area contributed by atoms with Crippen LogP contribution in [0.5, 0.6) is 0 Å². The molecule has 1 fully saturated rings. The number of nitrogens with one attached hydrogen (secondary N) is 1. The molecule has 0 saturated carbocycles. The number of piperidine rings is 1. The van der Waals surface area contributed by atoms with Crippen LogP contribution in [0.15, 0.2) is 0 Å². The molecule has 2 rings (SSSR count). The fraction of sp³-hybridized carbons (Fsp3) is 0.636. The number of likely N-dealkylation sites (tertiary alicyclic amines) is 1. The lowest BCUT2D eigenvalue weighted by molar-refractivity contribution is -0.121. The summed E-state index contributed by atoms with van der Waals surface area (Å²) >= 11 is 1.05. The van der Waals surface area contributed by atoms with E-state index in [1.165, 1.54) is 0 Å². The molecule has 9 heteroatoms. The van der Waals surface area contributed by atoms with Gasteiger partial charge in [0.2, 0.25) is 5.91 Å². The van der Waals surface area contributed by atoms with Gasteiger partial charge in [0, 0.05) is 18.9 Å². The Morgan fingerprint density at radius 2 is 1.90 bits per heavy atom. The molecular weight excluding hydrogens is 418 g/mol. The van der Waals surface area contributed by atoms with E-state index in [0.717, 1.165) is 24.4 Å². The molecule has 0 bridgehead atoms. The third-order valence-corrected chi connectivity index (χ3v) is 6.28. The van der Waals surface area contributed by atoms with Crippen LogP contribution in [0.2, 0.25) is 0 Å². The lowest BCUT2D eigenvalue weighted by Crippen LogP contribution is -2.38. The number of carbonyl (C=O) groups excluding carboxylic acids is 3. The number of nitriles is 1. The van der Waals surface area contributed by atoms with Crippen molar-refractivity contribution >= 4 is 34.2 Å². The third kappa shape index (κ3) is 6.77. The molecule has 0 atom stereocenters. The average Bonchev–Trinajstić information content (AvgIpc) is 3.06. The van der Waals surface area contributed by atoms with Gasteiger partial charge in [-0.2, -0.15) is 5.26 Å². The van der Waals surface area contributed by atoms with E-state index in [0.29, 0.717) is 41.2 Å². The Kier molecular flexibility index (Phi) is 9.46. The number of thiophene rings is 1. The molecule has 2 heterocycles. The van der Waals surface area contributed by atoms with Crippen LogP contribution in [0, 0.1) is 30.1 Å². The minimum atomic E-state index is -0.569. The zero-order chi connectivity index (χ0) is 23.0. The summed E-state index contributed by atoms with van der Waals surface area (Å²) in [4.78, 5) is 40.4. The number of hydrogen-bond donors (Lipinski definition) is 1. The first-order valence-corrected chi connectivity index (χ1v) is 11.5. The van der Waals surface area contributed by atoms with Crippen molar-refractivity contribution < 1.29 is 23.9 Å². The van der Waals surface area contributed by atoms with Gasteiger partial charge in [0.15, 0.2) is 0 Å². The van der Waals surface area contributed by atoms with Gasteiger partial charge in [-0.25, -0.2) is 9.59 Å². The molecule has 8 nitrogen and oxygen atoms in total. The first kappa shape index (κ1) is 24.8. The average molecular weight is 450 g/mol. The Labute approximate surface area is 187 Å². The predicted molar refractivity (Wildman–Crippen MR) is 118 cm³/mol. The molecule has 1 amide bonds. The molecule has 1 aromatic heterocycles. The van der Waals surface area contributed by atoms with E-state index in [9.17, 15) is 14.4 Å². The van der Waals surface area contributed by atoms with Crippen molar-refractivity contribution in [2.24, 2.45) is 11.8 Å². The van der Waals surface area contributed by atoms with Crippen LogP contribution in [0.3, 0.4) is 0 Å². The van der Waals surface area contributed by atoms with Crippen molar-refractivity contribution in [1.29, 1.82) is 5.26 Å². The Hall–Kier alpha value is -2.44. The van der Waals surface area contributed by atoms with Crippen LogP contribution < -0.4 is 5.32 Å². The van der Waals surface area contributed by atoms with E-state index in [-0.39, 0.29) is 36.5 Å². The fourth-order valence-electron chi connectivity index (χ4n) is 3.39. The summed E-state index contributed by atoms with van der Waals surface area (Å²) in [5.41, 5.74) is 0.669. The number of anilines is 1. The second-order valence-corrected chi connectivity index (χ2v) is 9.01. The van der Waals surface area contributed by atoms with Crippen LogP contribution in [-0.2, 0) is 14.3 Å². The quantitative estimate of drug-likeness (QED) is 0.574. The zero-order valence-electron chi connectivity index (χ0n) is 18.7. The van der Waals surface area contributed by atoms with E-state index >= 15 is 0 Å². The molecule has 1 aliphatic heterocycles. The van der Waals surface area contributed by atoms with E-state index in [2.05, 4.69) is 16.3 Å². The van der Waals surface area contributed by atoms with Crippen LogP contribution in [0.4, 0.5) is 5.00 Å². The number of amides is 1. The summed E-state index contributed by atoms with van der Waals surface area (Å²) < 4.78 is 10.5. The van der Waals surface area contributed by atoms with E-state index in [4.69, 9.17) is 14.7 Å². The van der Waals surface area contributed by atoms with Gasteiger partial charge in [0.25, 0.3) is 0 Å². The van der Waals surface area contributed by atoms with Gasteiger partial charge in [-0.3, -0.25) is 4.79 Å². The summed E-state index contributed by atoms with van der Waals surface area (Å²) in [6.07, 6.45) is 1.84. The zero-order valence-corrected chi connectivity index (χ0v) is 19.5. The highest BCUT2D eigenvalue weighted by Gasteiger charge is 2.30.